The van der Waals surface area contributed by atoms with E-state index in [0.717, 1.165) is 0 Å². The van der Waals surface area contributed by atoms with Gasteiger partial charge in [-0.05, 0) is 12.1 Å². The highest BCUT2D eigenvalue weighted by Crippen LogP contribution is 2.48. The van der Waals surface area contributed by atoms with Crippen LogP contribution in [0, 0.1) is 0 Å². The molecule has 0 unspecified atom stereocenters. The molecular formula is C21H24N2O4S2. The summed E-state index contributed by atoms with van der Waals surface area (Å²) in [7, 11) is 1.65. The quantitative estimate of drug-likeness (QED) is 0.265. The highest BCUT2D eigenvalue weighted by Gasteiger charge is 2.39. The first-order valence-electron chi connectivity index (χ1n) is 9.24. The minimum atomic E-state index is -0.606. The number of hydrogen-bond acceptors (Lipinski definition) is 8. The lowest BCUT2D eigenvalue weighted by Crippen LogP contribution is -2.24. The van der Waals surface area contributed by atoms with Crippen LogP contribution >= 0.6 is 23.5 Å². The molecule has 29 heavy (non-hydrogen) atoms. The number of nitrogens with two attached hydrogens (primary N) is 1. The van der Waals surface area contributed by atoms with Crippen LogP contribution in [-0.4, -0.2) is 39.3 Å². The van der Waals surface area contributed by atoms with Gasteiger partial charge in [0.05, 0.1) is 32.0 Å². The molecule has 0 bridgehead atoms. The van der Waals surface area contributed by atoms with Gasteiger partial charge in [0.1, 0.15) is 11.5 Å². The second-order valence-corrected chi connectivity index (χ2v) is 10.6. The Labute approximate surface area is 178 Å². The van der Waals surface area contributed by atoms with Gasteiger partial charge in [-0.15, -0.1) is 23.5 Å². The zero-order valence-electron chi connectivity index (χ0n) is 16.9. The van der Waals surface area contributed by atoms with E-state index in [1.165, 1.54) is 29.6 Å². The number of fused-ring (bicyclic) bond motifs is 2. The van der Waals surface area contributed by atoms with Crippen molar-refractivity contribution in [1.82, 2.24) is 0 Å². The number of benzene rings is 2. The summed E-state index contributed by atoms with van der Waals surface area (Å²) < 4.78 is 0. The van der Waals surface area contributed by atoms with Crippen molar-refractivity contribution in [2.45, 2.75) is 48.0 Å². The standard InChI is InChI=1S/C21H24N2O4S2/c1-8(2)28-12-6-10(22)14-16(18(12)24)21(27)17-15(20(14)26)11(23-5)7-13(19(17)25)29-9(3)4/h6-9,23-25H,22H2,1-5H3. The van der Waals surface area contributed by atoms with Gasteiger partial charge in [0.25, 0.3) is 0 Å². The first kappa shape index (κ1) is 21.4. The summed E-state index contributed by atoms with van der Waals surface area (Å²) >= 11 is 2.73. The Bertz CT molecular complexity index is 1030. The molecule has 154 valence electrons. The van der Waals surface area contributed by atoms with E-state index in [1.807, 2.05) is 27.7 Å². The van der Waals surface area contributed by atoms with Crippen molar-refractivity contribution >= 4 is 46.5 Å². The predicted molar refractivity (Wildman–Crippen MR) is 119 cm³/mol. The summed E-state index contributed by atoms with van der Waals surface area (Å²) in [6.45, 7) is 7.82. The number of aromatic hydroxyl groups is 2. The highest BCUT2D eigenvalue weighted by atomic mass is 32.2. The number of ketones is 2. The molecule has 3 rings (SSSR count). The molecule has 0 fully saturated rings. The van der Waals surface area contributed by atoms with E-state index in [4.69, 9.17) is 5.73 Å². The molecule has 0 saturated carbocycles. The first-order valence-corrected chi connectivity index (χ1v) is 11.0. The number of nitrogens with one attached hydrogen (secondary N) is 1. The van der Waals surface area contributed by atoms with Crippen LogP contribution in [0.4, 0.5) is 11.4 Å². The van der Waals surface area contributed by atoms with E-state index < -0.39 is 11.6 Å². The molecule has 0 aromatic heterocycles. The molecule has 0 aliphatic heterocycles. The van der Waals surface area contributed by atoms with Crippen molar-refractivity contribution in [3.63, 3.8) is 0 Å². The number of thioether (sulfide) groups is 2. The summed E-state index contributed by atoms with van der Waals surface area (Å²) in [5, 5.41) is 24.9. The van der Waals surface area contributed by atoms with Crippen LogP contribution in [0.25, 0.3) is 0 Å². The maximum Gasteiger partial charge on any atom is 0.202 e. The number of anilines is 2. The van der Waals surface area contributed by atoms with E-state index in [0.29, 0.717) is 15.5 Å². The maximum atomic E-state index is 13.4. The Balaban J connectivity index is 2.33. The van der Waals surface area contributed by atoms with Crippen LogP contribution in [0.1, 0.15) is 59.5 Å². The van der Waals surface area contributed by atoms with Gasteiger partial charge >= 0.3 is 0 Å². The number of carbonyl (C=O) groups is 2. The Morgan fingerprint density at radius 1 is 0.828 bits per heavy atom. The maximum absolute atomic E-state index is 13.4. The van der Waals surface area contributed by atoms with Gasteiger partial charge in [0.2, 0.25) is 5.78 Å². The molecule has 0 saturated heterocycles. The van der Waals surface area contributed by atoms with Crippen LogP contribution in [-0.2, 0) is 0 Å². The van der Waals surface area contributed by atoms with Crippen LogP contribution in [0.15, 0.2) is 21.9 Å². The average molecular weight is 433 g/mol. The van der Waals surface area contributed by atoms with Gasteiger partial charge in [-0.2, -0.15) is 0 Å². The van der Waals surface area contributed by atoms with Crippen molar-refractivity contribution in [1.29, 1.82) is 0 Å². The number of rotatable bonds is 5. The number of carbonyl (C=O) groups excluding carboxylic acids is 2. The molecule has 5 N–H and O–H groups in total. The molecule has 0 heterocycles. The van der Waals surface area contributed by atoms with E-state index >= 15 is 0 Å². The Kier molecular flexibility index (Phi) is 5.78. The van der Waals surface area contributed by atoms with Crippen molar-refractivity contribution in [2.75, 3.05) is 18.1 Å². The summed E-state index contributed by atoms with van der Waals surface area (Å²) in [6.07, 6.45) is 0. The molecule has 1 aliphatic rings. The normalized spacial score (nSPS) is 13.1. The first-order chi connectivity index (χ1) is 13.6. The van der Waals surface area contributed by atoms with Gasteiger partial charge < -0.3 is 21.3 Å². The number of phenolic OH excluding ortho intramolecular Hbond substituents is 2. The van der Waals surface area contributed by atoms with Crippen molar-refractivity contribution in [2.24, 2.45) is 0 Å². The van der Waals surface area contributed by atoms with Crippen molar-refractivity contribution in [3.05, 3.63) is 34.4 Å². The lowest BCUT2D eigenvalue weighted by atomic mass is 9.81. The van der Waals surface area contributed by atoms with Crippen LogP contribution < -0.4 is 11.1 Å². The van der Waals surface area contributed by atoms with Crippen LogP contribution in [0.3, 0.4) is 0 Å². The third kappa shape index (κ3) is 3.55. The van der Waals surface area contributed by atoms with E-state index in [1.54, 1.807) is 13.1 Å². The van der Waals surface area contributed by atoms with E-state index in [-0.39, 0.29) is 49.9 Å². The Morgan fingerprint density at radius 3 is 1.76 bits per heavy atom. The van der Waals surface area contributed by atoms with Gasteiger partial charge in [0, 0.05) is 28.9 Å². The van der Waals surface area contributed by atoms with Crippen molar-refractivity contribution in [3.8, 4) is 11.5 Å². The SMILES string of the molecule is CNc1cc(SC(C)C)c(O)c2c1C(=O)c1c(N)cc(SC(C)C)c(O)c1C2=O. The van der Waals surface area contributed by atoms with E-state index in [9.17, 15) is 19.8 Å². The zero-order valence-corrected chi connectivity index (χ0v) is 18.5. The summed E-state index contributed by atoms with van der Waals surface area (Å²) in [5.41, 5.74) is 6.52. The second kappa shape index (κ2) is 7.84. The van der Waals surface area contributed by atoms with Crippen LogP contribution in [0.5, 0.6) is 11.5 Å². The molecule has 6 nitrogen and oxygen atoms in total. The molecule has 0 atom stereocenters. The summed E-state index contributed by atoms with van der Waals surface area (Å²) in [6, 6.07) is 3.19. The molecule has 0 spiro atoms. The number of nitrogen functional groups attached to an aromatic ring is 1. The van der Waals surface area contributed by atoms with Crippen molar-refractivity contribution < 1.29 is 19.8 Å². The fourth-order valence-corrected chi connectivity index (χ4v) is 5.20. The van der Waals surface area contributed by atoms with Gasteiger partial charge in [0.15, 0.2) is 5.78 Å². The lowest BCUT2D eigenvalue weighted by Gasteiger charge is -2.25. The van der Waals surface area contributed by atoms with Gasteiger partial charge in [-0.25, -0.2) is 0 Å². The smallest absolute Gasteiger partial charge is 0.202 e. The fraction of sp³-hybridized carbons (Fsp3) is 0.333. The largest absolute Gasteiger partial charge is 0.506 e. The fourth-order valence-electron chi connectivity index (χ4n) is 3.37. The number of phenols is 2. The van der Waals surface area contributed by atoms with Crippen LogP contribution in [0.2, 0.25) is 0 Å². The molecular weight excluding hydrogens is 408 g/mol. The molecule has 0 amide bonds. The minimum absolute atomic E-state index is 0.0201. The van der Waals surface area contributed by atoms with Gasteiger partial charge in [-0.1, -0.05) is 27.7 Å². The monoisotopic (exact) mass is 432 g/mol. The number of hydrogen-bond donors (Lipinski definition) is 4. The van der Waals surface area contributed by atoms with Gasteiger partial charge in [-0.3, -0.25) is 9.59 Å². The molecule has 1 aliphatic carbocycles. The summed E-state index contributed by atoms with van der Waals surface area (Å²) in [5.74, 6) is -1.62. The molecule has 2 aromatic carbocycles. The minimum Gasteiger partial charge on any atom is -0.506 e. The average Bonchev–Trinajstić information content (AvgIpc) is 2.62. The zero-order chi connectivity index (χ0) is 21.6. The third-order valence-corrected chi connectivity index (χ3v) is 6.54. The molecule has 0 radical (unpaired) electrons. The summed E-state index contributed by atoms with van der Waals surface area (Å²) in [4.78, 5) is 27.7. The lowest BCUT2D eigenvalue weighted by molar-refractivity contribution is 0.0974. The Hall–Kier alpha value is -2.32. The molecule has 2 aromatic rings. The highest BCUT2D eigenvalue weighted by molar-refractivity contribution is 8.00. The van der Waals surface area contributed by atoms with E-state index in [2.05, 4.69) is 5.32 Å². The second-order valence-electron chi connectivity index (χ2n) is 7.32. The molecule has 8 heteroatoms. The predicted octanol–water partition coefficient (Wildman–Crippen LogP) is 4.50. The topological polar surface area (TPSA) is 113 Å². The third-order valence-electron chi connectivity index (χ3n) is 4.46. The Morgan fingerprint density at radius 2 is 1.28 bits per heavy atom.